The van der Waals surface area contributed by atoms with E-state index in [4.69, 9.17) is 17.3 Å². The lowest BCUT2D eigenvalue weighted by atomic mass is 10.4. The molecule has 0 fully saturated rings. The highest BCUT2D eigenvalue weighted by molar-refractivity contribution is 6.29. The summed E-state index contributed by atoms with van der Waals surface area (Å²) < 4.78 is 1.63. The normalized spacial score (nSPS) is 10.2. The van der Waals surface area contributed by atoms with Crippen LogP contribution in [0.5, 0.6) is 0 Å². The first-order chi connectivity index (χ1) is 8.06. The predicted octanol–water partition coefficient (Wildman–Crippen LogP) is 1.30. The lowest BCUT2D eigenvalue weighted by Gasteiger charge is -2.04. The molecular weight excluding hydrogens is 242 g/mol. The van der Waals surface area contributed by atoms with Gasteiger partial charge in [-0.1, -0.05) is 11.6 Å². The van der Waals surface area contributed by atoms with E-state index in [1.807, 2.05) is 0 Å². The van der Waals surface area contributed by atoms with E-state index in [2.05, 4.69) is 15.5 Å². The van der Waals surface area contributed by atoms with E-state index in [0.29, 0.717) is 17.2 Å². The lowest BCUT2D eigenvalue weighted by molar-refractivity contribution is 0.101. The smallest absolute Gasteiger partial charge is 0.273 e. The van der Waals surface area contributed by atoms with Gasteiger partial charge in [-0.3, -0.25) is 4.79 Å². The van der Waals surface area contributed by atoms with Crippen molar-refractivity contribution < 1.29 is 4.79 Å². The zero-order chi connectivity index (χ0) is 12.4. The average Bonchev–Trinajstić information content (AvgIpc) is 2.61. The second-order valence-electron chi connectivity index (χ2n) is 3.47. The van der Waals surface area contributed by atoms with Crippen molar-refractivity contribution in [2.45, 2.75) is 0 Å². The summed E-state index contributed by atoms with van der Waals surface area (Å²) in [7, 11) is 1.73. The van der Waals surface area contributed by atoms with Gasteiger partial charge in [0.2, 0.25) is 0 Å². The molecule has 0 radical (unpaired) electrons. The average molecular weight is 252 g/mol. The Bertz CT molecular complexity index is 548. The summed E-state index contributed by atoms with van der Waals surface area (Å²) in [6.07, 6.45) is 1.66. The molecule has 0 aromatic carbocycles. The number of amides is 1. The van der Waals surface area contributed by atoms with Crippen LogP contribution in [0.2, 0.25) is 5.15 Å². The van der Waals surface area contributed by atoms with E-state index < -0.39 is 0 Å². The molecule has 0 saturated carbocycles. The van der Waals surface area contributed by atoms with Crippen molar-refractivity contribution in [3.8, 4) is 0 Å². The van der Waals surface area contributed by atoms with Gasteiger partial charge in [0, 0.05) is 13.2 Å². The Hall–Kier alpha value is -2.08. The molecule has 0 bridgehead atoms. The Morgan fingerprint density at radius 1 is 1.47 bits per heavy atom. The van der Waals surface area contributed by atoms with Crippen LogP contribution < -0.4 is 11.1 Å². The molecular formula is C10H10ClN5O. The largest absolute Gasteiger partial charge is 0.397 e. The summed E-state index contributed by atoms with van der Waals surface area (Å²) in [5.74, 6) is 0.0278. The Labute approximate surface area is 102 Å². The van der Waals surface area contributed by atoms with Crippen molar-refractivity contribution in [2.24, 2.45) is 7.05 Å². The number of halogens is 1. The second kappa shape index (κ2) is 4.42. The van der Waals surface area contributed by atoms with E-state index in [1.54, 1.807) is 36.0 Å². The summed E-state index contributed by atoms with van der Waals surface area (Å²) in [6.45, 7) is 0. The number of nitrogens with zero attached hydrogens (tertiary/aromatic N) is 3. The molecule has 2 aromatic rings. The van der Waals surface area contributed by atoms with Crippen LogP contribution in [-0.4, -0.2) is 20.7 Å². The van der Waals surface area contributed by atoms with Gasteiger partial charge < -0.3 is 15.6 Å². The summed E-state index contributed by atoms with van der Waals surface area (Å²) in [6, 6.07) is 4.70. The molecule has 0 aliphatic carbocycles. The lowest BCUT2D eigenvalue weighted by Crippen LogP contribution is -2.16. The van der Waals surface area contributed by atoms with Gasteiger partial charge in [0.25, 0.3) is 5.91 Å². The molecule has 6 nitrogen and oxygen atoms in total. The van der Waals surface area contributed by atoms with Crippen molar-refractivity contribution in [3.63, 3.8) is 0 Å². The number of anilines is 2. The molecule has 0 aliphatic heterocycles. The zero-order valence-corrected chi connectivity index (χ0v) is 9.77. The van der Waals surface area contributed by atoms with Gasteiger partial charge in [-0.25, -0.2) is 0 Å². The fourth-order valence-corrected chi connectivity index (χ4v) is 1.48. The molecule has 3 N–H and O–H groups in total. The number of nitrogens with two attached hydrogens (primary N) is 1. The highest BCUT2D eigenvalue weighted by Gasteiger charge is 2.11. The maximum Gasteiger partial charge on any atom is 0.273 e. The van der Waals surface area contributed by atoms with Gasteiger partial charge in [-0.2, -0.15) is 0 Å². The minimum absolute atomic E-state index is 0.270. The number of hydrogen-bond donors (Lipinski definition) is 2. The molecule has 2 aromatic heterocycles. The monoisotopic (exact) mass is 251 g/mol. The molecule has 2 heterocycles. The van der Waals surface area contributed by atoms with Crippen LogP contribution in [0.4, 0.5) is 11.5 Å². The maximum atomic E-state index is 11.8. The first kappa shape index (κ1) is 11.4. The summed E-state index contributed by atoms with van der Waals surface area (Å²) in [4.78, 5) is 11.8. The molecule has 2 rings (SSSR count). The van der Waals surface area contributed by atoms with Crippen LogP contribution in [0.3, 0.4) is 0 Å². The standard InChI is InChI=1S/C10H10ClN5O/c1-16-5-6(12)4-7(16)10(17)13-9-3-2-8(11)14-15-9/h2-5H,12H2,1H3,(H,13,15,17). The number of rotatable bonds is 2. The molecule has 0 spiro atoms. The van der Waals surface area contributed by atoms with Crippen LogP contribution in [0, 0.1) is 0 Å². The summed E-state index contributed by atoms with van der Waals surface area (Å²) >= 11 is 5.59. The molecule has 0 aliphatic rings. The van der Waals surface area contributed by atoms with Crippen LogP contribution >= 0.6 is 11.6 Å². The maximum absolute atomic E-state index is 11.8. The number of carbonyl (C=O) groups is 1. The highest BCUT2D eigenvalue weighted by Crippen LogP contribution is 2.11. The Kier molecular flexibility index (Phi) is 2.97. The third kappa shape index (κ3) is 2.54. The van der Waals surface area contributed by atoms with Crippen molar-refractivity contribution in [1.82, 2.24) is 14.8 Å². The Morgan fingerprint density at radius 3 is 2.76 bits per heavy atom. The Morgan fingerprint density at radius 2 is 2.24 bits per heavy atom. The third-order valence-electron chi connectivity index (χ3n) is 2.13. The first-order valence-corrected chi connectivity index (χ1v) is 5.16. The van der Waals surface area contributed by atoms with Crippen LogP contribution in [0.1, 0.15) is 10.5 Å². The van der Waals surface area contributed by atoms with Gasteiger partial charge in [0.1, 0.15) is 5.69 Å². The van der Waals surface area contributed by atoms with Gasteiger partial charge in [-0.05, 0) is 18.2 Å². The fourth-order valence-electron chi connectivity index (χ4n) is 1.38. The number of hydrogen-bond acceptors (Lipinski definition) is 4. The minimum atomic E-state index is -0.305. The number of nitrogens with one attached hydrogen (secondary N) is 1. The molecule has 1 amide bonds. The van der Waals surface area contributed by atoms with Gasteiger partial charge in [-0.15, -0.1) is 10.2 Å². The number of aryl methyl sites for hydroxylation is 1. The quantitative estimate of drug-likeness (QED) is 0.842. The topological polar surface area (TPSA) is 85.8 Å². The van der Waals surface area contributed by atoms with Gasteiger partial charge in [0.15, 0.2) is 11.0 Å². The molecule has 88 valence electrons. The number of aromatic nitrogens is 3. The third-order valence-corrected chi connectivity index (χ3v) is 2.33. The first-order valence-electron chi connectivity index (χ1n) is 4.78. The van der Waals surface area contributed by atoms with Gasteiger partial charge in [0.05, 0.1) is 5.69 Å². The number of nitrogen functional groups attached to an aromatic ring is 1. The van der Waals surface area contributed by atoms with Crippen molar-refractivity contribution in [3.05, 3.63) is 35.2 Å². The van der Waals surface area contributed by atoms with Crippen molar-refractivity contribution in [2.75, 3.05) is 11.1 Å². The van der Waals surface area contributed by atoms with Gasteiger partial charge >= 0.3 is 0 Å². The van der Waals surface area contributed by atoms with E-state index in [9.17, 15) is 4.79 Å². The van der Waals surface area contributed by atoms with E-state index in [1.165, 1.54) is 0 Å². The van der Waals surface area contributed by atoms with E-state index in [-0.39, 0.29) is 11.1 Å². The van der Waals surface area contributed by atoms with Crippen molar-refractivity contribution >= 4 is 29.0 Å². The van der Waals surface area contributed by atoms with Crippen molar-refractivity contribution in [1.29, 1.82) is 0 Å². The predicted molar refractivity (Wildman–Crippen MR) is 64.8 cm³/mol. The SMILES string of the molecule is Cn1cc(N)cc1C(=O)Nc1ccc(Cl)nn1. The molecule has 17 heavy (non-hydrogen) atoms. The molecule has 0 saturated heterocycles. The number of carbonyl (C=O) groups excluding carboxylic acids is 1. The van der Waals surface area contributed by atoms with Crippen LogP contribution in [-0.2, 0) is 7.05 Å². The zero-order valence-electron chi connectivity index (χ0n) is 9.01. The summed E-state index contributed by atoms with van der Waals surface area (Å²) in [5, 5.41) is 10.2. The minimum Gasteiger partial charge on any atom is -0.397 e. The highest BCUT2D eigenvalue weighted by atomic mass is 35.5. The van der Waals surface area contributed by atoms with Crippen LogP contribution in [0.15, 0.2) is 24.4 Å². The molecule has 0 atom stereocenters. The molecule has 7 heteroatoms. The van der Waals surface area contributed by atoms with E-state index in [0.717, 1.165) is 0 Å². The molecule has 0 unspecified atom stereocenters. The Balaban J connectivity index is 2.17. The van der Waals surface area contributed by atoms with E-state index >= 15 is 0 Å². The van der Waals surface area contributed by atoms with Crippen LogP contribution in [0.25, 0.3) is 0 Å². The summed E-state index contributed by atoms with van der Waals surface area (Å²) in [5.41, 5.74) is 6.56. The second-order valence-corrected chi connectivity index (χ2v) is 3.85. The fraction of sp³-hybridized carbons (Fsp3) is 0.100.